The molecule has 1 N–H and O–H groups in total. The average Bonchev–Trinajstić information content (AvgIpc) is 2.64. The van der Waals surface area contributed by atoms with Crippen LogP contribution < -0.4 is 0 Å². The highest BCUT2D eigenvalue weighted by Gasteiger charge is 2.44. The van der Waals surface area contributed by atoms with E-state index in [9.17, 15) is 9.90 Å². The number of hydrogen-bond donors (Lipinski definition) is 1. The highest BCUT2D eigenvalue weighted by atomic mass is 79.9. The largest absolute Gasteiger partial charge is 0.469 e. The number of carbonyl (C=O) groups excluding carboxylic acids is 1. The van der Waals surface area contributed by atoms with Gasteiger partial charge in [-0.05, 0) is 40.9 Å². The van der Waals surface area contributed by atoms with E-state index < -0.39 is 17.5 Å². The SMILES string of the molecule is COC(=O)C(C(C)C)C(C)(O)c1ccc(Br)o1. The molecular weight excluding hydrogens is 288 g/mol. The molecule has 4 nitrogen and oxygen atoms in total. The number of methoxy groups -OCH3 is 1. The molecule has 0 aliphatic heterocycles. The molecule has 0 amide bonds. The molecule has 2 atom stereocenters. The van der Waals surface area contributed by atoms with Gasteiger partial charge in [-0.3, -0.25) is 4.79 Å². The molecule has 0 aliphatic rings. The van der Waals surface area contributed by atoms with Crippen LogP contribution in [0.15, 0.2) is 21.2 Å². The number of aliphatic hydroxyl groups is 1. The second-order valence-electron chi connectivity index (χ2n) is 4.50. The lowest BCUT2D eigenvalue weighted by molar-refractivity contribution is -0.160. The van der Waals surface area contributed by atoms with Crippen LogP contribution in [0.3, 0.4) is 0 Å². The minimum absolute atomic E-state index is 0.0682. The van der Waals surface area contributed by atoms with Gasteiger partial charge in [0, 0.05) is 0 Å². The van der Waals surface area contributed by atoms with Gasteiger partial charge >= 0.3 is 5.97 Å². The quantitative estimate of drug-likeness (QED) is 0.869. The number of rotatable bonds is 4. The van der Waals surface area contributed by atoms with Crippen molar-refractivity contribution in [3.63, 3.8) is 0 Å². The molecule has 0 saturated carbocycles. The van der Waals surface area contributed by atoms with Gasteiger partial charge < -0.3 is 14.3 Å². The maximum atomic E-state index is 11.7. The van der Waals surface area contributed by atoms with Gasteiger partial charge in [0.05, 0.1) is 13.0 Å². The van der Waals surface area contributed by atoms with E-state index in [1.165, 1.54) is 7.11 Å². The lowest BCUT2D eigenvalue weighted by Gasteiger charge is -2.31. The van der Waals surface area contributed by atoms with E-state index in [-0.39, 0.29) is 5.92 Å². The summed E-state index contributed by atoms with van der Waals surface area (Å²) in [5.74, 6) is -0.849. The van der Waals surface area contributed by atoms with Crippen molar-refractivity contribution in [2.45, 2.75) is 26.4 Å². The fraction of sp³-hybridized carbons (Fsp3) is 0.583. The van der Waals surface area contributed by atoms with Crippen molar-refractivity contribution < 1.29 is 19.1 Å². The van der Waals surface area contributed by atoms with Gasteiger partial charge in [-0.1, -0.05) is 13.8 Å². The first-order valence-electron chi connectivity index (χ1n) is 5.36. The van der Waals surface area contributed by atoms with Crippen LogP contribution >= 0.6 is 15.9 Å². The molecule has 0 spiro atoms. The first-order chi connectivity index (χ1) is 7.80. The molecule has 1 aromatic rings. The van der Waals surface area contributed by atoms with Crippen LogP contribution in [0.25, 0.3) is 0 Å². The fourth-order valence-electron chi connectivity index (χ4n) is 2.02. The van der Waals surface area contributed by atoms with Crippen LogP contribution in [0.2, 0.25) is 0 Å². The van der Waals surface area contributed by atoms with Gasteiger partial charge in [0.2, 0.25) is 0 Å². The molecule has 5 heteroatoms. The van der Waals surface area contributed by atoms with Gasteiger partial charge in [-0.25, -0.2) is 0 Å². The summed E-state index contributed by atoms with van der Waals surface area (Å²) >= 11 is 3.17. The van der Waals surface area contributed by atoms with Crippen LogP contribution in [0.5, 0.6) is 0 Å². The number of halogens is 1. The van der Waals surface area contributed by atoms with E-state index in [0.29, 0.717) is 10.4 Å². The Kier molecular flexibility index (Phi) is 4.38. The molecule has 96 valence electrons. The molecule has 17 heavy (non-hydrogen) atoms. The molecular formula is C12H17BrO4. The standard InChI is InChI=1S/C12H17BrO4/c1-7(2)10(11(14)16-4)12(3,15)8-5-6-9(13)17-8/h5-7,10,15H,1-4H3. The molecule has 0 saturated heterocycles. The Labute approximate surface area is 109 Å². The van der Waals surface area contributed by atoms with E-state index in [1.54, 1.807) is 19.1 Å². The normalized spacial score (nSPS) is 16.6. The lowest BCUT2D eigenvalue weighted by Crippen LogP contribution is -2.41. The van der Waals surface area contributed by atoms with Crippen molar-refractivity contribution in [2.24, 2.45) is 11.8 Å². The van der Waals surface area contributed by atoms with Gasteiger partial charge in [0.15, 0.2) is 4.67 Å². The van der Waals surface area contributed by atoms with E-state index >= 15 is 0 Å². The summed E-state index contributed by atoms with van der Waals surface area (Å²) in [6.45, 7) is 5.27. The molecule has 0 fully saturated rings. The third-order valence-electron chi connectivity index (χ3n) is 2.80. The van der Waals surface area contributed by atoms with Crippen molar-refractivity contribution in [3.05, 3.63) is 22.6 Å². The Bertz CT molecular complexity index is 395. The summed E-state index contributed by atoms with van der Waals surface area (Å²) < 4.78 is 10.6. The lowest BCUT2D eigenvalue weighted by atomic mass is 9.79. The van der Waals surface area contributed by atoms with Crippen LogP contribution in [-0.2, 0) is 15.1 Å². The Hall–Kier alpha value is -0.810. The van der Waals surface area contributed by atoms with E-state index in [0.717, 1.165) is 0 Å². The zero-order valence-corrected chi connectivity index (χ0v) is 11.9. The predicted octanol–water partition coefficient (Wildman–Crippen LogP) is 2.69. The molecule has 0 radical (unpaired) electrons. The summed E-state index contributed by atoms with van der Waals surface area (Å²) in [6.07, 6.45) is 0. The second-order valence-corrected chi connectivity index (χ2v) is 5.28. The first kappa shape index (κ1) is 14.3. The monoisotopic (exact) mass is 304 g/mol. The van der Waals surface area contributed by atoms with Crippen LogP contribution in [0.4, 0.5) is 0 Å². The number of carbonyl (C=O) groups is 1. The fourth-order valence-corrected chi connectivity index (χ4v) is 2.32. The zero-order valence-electron chi connectivity index (χ0n) is 10.4. The Morgan fingerprint density at radius 3 is 2.47 bits per heavy atom. The summed E-state index contributed by atoms with van der Waals surface area (Å²) in [6, 6.07) is 3.32. The Morgan fingerprint density at radius 2 is 2.12 bits per heavy atom. The molecule has 2 unspecified atom stereocenters. The van der Waals surface area contributed by atoms with Gasteiger partial charge in [0.1, 0.15) is 11.4 Å². The predicted molar refractivity (Wildman–Crippen MR) is 66.3 cm³/mol. The topological polar surface area (TPSA) is 59.7 Å². The third kappa shape index (κ3) is 2.90. The van der Waals surface area contributed by atoms with Crippen molar-refractivity contribution in [3.8, 4) is 0 Å². The number of ether oxygens (including phenoxy) is 1. The van der Waals surface area contributed by atoms with Crippen molar-refractivity contribution in [1.82, 2.24) is 0 Å². The molecule has 0 bridgehead atoms. The number of hydrogen-bond acceptors (Lipinski definition) is 4. The van der Waals surface area contributed by atoms with Gasteiger partial charge in [-0.2, -0.15) is 0 Å². The smallest absolute Gasteiger partial charge is 0.312 e. The van der Waals surface area contributed by atoms with Crippen molar-refractivity contribution in [1.29, 1.82) is 0 Å². The molecule has 0 aliphatic carbocycles. The van der Waals surface area contributed by atoms with Crippen LogP contribution in [-0.4, -0.2) is 18.2 Å². The van der Waals surface area contributed by atoms with Crippen molar-refractivity contribution >= 4 is 21.9 Å². The minimum atomic E-state index is -1.40. The molecule has 0 aromatic carbocycles. The third-order valence-corrected chi connectivity index (χ3v) is 3.23. The summed E-state index contributed by atoms with van der Waals surface area (Å²) in [5.41, 5.74) is -1.40. The Morgan fingerprint density at radius 1 is 1.53 bits per heavy atom. The second kappa shape index (κ2) is 5.23. The number of esters is 1. The summed E-state index contributed by atoms with van der Waals surface area (Å²) in [7, 11) is 1.31. The van der Waals surface area contributed by atoms with Gasteiger partial charge in [-0.15, -0.1) is 0 Å². The maximum absolute atomic E-state index is 11.7. The highest BCUT2D eigenvalue weighted by molar-refractivity contribution is 9.10. The first-order valence-corrected chi connectivity index (χ1v) is 6.16. The molecule has 1 aromatic heterocycles. The average molecular weight is 305 g/mol. The maximum Gasteiger partial charge on any atom is 0.312 e. The van der Waals surface area contributed by atoms with E-state index in [4.69, 9.17) is 9.15 Å². The minimum Gasteiger partial charge on any atom is -0.469 e. The van der Waals surface area contributed by atoms with Crippen molar-refractivity contribution in [2.75, 3.05) is 7.11 Å². The van der Waals surface area contributed by atoms with Crippen LogP contribution in [0.1, 0.15) is 26.5 Å². The summed E-state index contributed by atoms with van der Waals surface area (Å²) in [4.78, 5) is 11.7. The molecule has 1 rings (SSSR count). The molecule has 1 heterocycles. The Balaban J connectivity index is 3.12. The van der Waals surface area contributed by atoms with Gasteiger partial charge in [0.25, 0.3) is 0 Å². The van der Waals surface area contributed by atoms with Crippen LogP contribution in [0, 0.1) is 11.8 Å². The summed E-state index contributed by atoms with van der Waals surface area (Å²) in [5, 5.41) is 10.5. The van der Waals surface area contributed by atoms with E-state index in [1.807, 2.05) is 13.8 Å². The highest BCUT2D eigenvalue weighted by Crippen LogP contribution is 2.36. The van der Waals surface area contributed by atoms with E-state index in [2.05, 4.69) is 15.9 Å². The zero-order chi connectivity index (χ0) is 13.2. The number of furan rings is 1.